The second-order valence-electron chi connectivity index (χ2n) is 11.3. The Balaban J connectivity index is 1.54. The highest BCUT2D eigenvalue weighted by Crippen LogP contribution is 2.19. The number of amides is 5. The standard InChI is InChI=1S/C35H40FN5O8/c1-22(42)31-35(47)40-27(20-23-8-3-2-4-9-23)33(45)37-16-7-18-49-29-11-6-5-10-26(29)32(44)39-28(21-30(43)41-31)34(46)38-17-19-48-25-14-12-24(36)13-15-25/h2-6,8-15,22,27-28,31,42H,7,16-21H2,1H3,(H,37,45)(H,38,46)(H,39,44)(H,40,47)(H,41,43)/t22-,27+,28+,31+/m1/s1. The molecule has 0 spiro atoms. The van der Waals surface area contributed by atoms with E-state index >= 15 is 0 Å². The highest BCUT2D eigenvalue weighted by atomic mass is 19.1. The summed E-state index contributed by atoms with van der Waals surface area (Å²) in [5.41, 5.74) is 0.880. The van der Waals surface area contributed by atoms with E-state index in [4.69, 9.17) is 9.47 Å². The molecule has 0 aliphatic carbocycles. The molecule has 4 rings (SSSR count). The Hall–Kier alpha value is -5.50. The van der Waals surface area contributed by atoms with Gasteiger partial charge in [-0.15, -0.1) is 0 Å². The molecule has 1 aliphatic heterocycles. The molecule has 14 heteroatoms. The number of hydrogen-bond donors (Lipinski definition) is 6. The van der Waals surface area contributed by atoms with Gasteiger partial charge in [-0.25, -0.2) is 4.39 Å². The van der Waals surface area contributed by atoms with Gasteiger partial charge in [-0.3, -0.25) is 24.0 Å². The fourth-order valence-corrected chi connectivity index (χ4v) is 4.96. The van der Waals surface area contributed by atoms with Gasteiger partial charge in [0.1, 0.15) is 42.0 Å². The number of rotatable bonds is 8. The minimum Gasteiger partial charge on any atom is -0.493 e. The molecular formula is C35H40FN5O8. The first-order chi connectivity index (χ1) is 23.6. The Labute approximate surface area is 282 Å². The Bertz CT molecular complexity index is 1590. The third-order valence-electron chi connectivity index (χ3n) is 7.50. The van der Waals surface area contributed by atoms with E-state index in [1.54, 1.807) is 42.5 Å². The van der Waals surface area contributed by atoms with Gasteiger partial charge in [-0.2, -0.15) is 0 Å². The van der Waals surface area contributed by atoms with Crippen LogP contribution in [0.1, 0.15) is 35.7 Å². The normalized spacial score (nSPS) is 20.0. The molecule has 13 nitrogen and oxygen atoms in total. The molecule has 3 aromatic carbocycles. The van der Waals surface area contributed by atoms with E-state index in [0.29, 0.717) is 12.2 Å². The van der Waals surface area contributed by atoms with Crippen molar-refractivity contribution in [3.8, 4) is 11.5 Å². The van der Waals surface area contributed by atoms with Gasteiger partial charge in [0.25, 0.3) is 5.91 Å². The van der Waals surface area contributed by atoms with Crippen molar-refractivity contribution in [2.45, 2.75) is 50.4 Å². The summed E-state index contributed by atoms with van der Waals surface area (Å²) in [6.07, 6.45) is -1.49. The molecule has 49 heavy (non-hydrogen) atoms. The molecule has 4 atom stereocenters. The lowest BCUT2D eigenvalue weighted by molar-refractivity contribution is -0.135. The zero-order valence-electron chi connectivity index (χ0n) is 26.9. The third kappa shape index (κ3) is 11.3. The van der Waals surface area contributed by atoms with Crippen LogP contribution in [0.3, 0.4) is 0 Å². The fourth-order valence-electron chi connectivity index (χ4n) is 4.96. The van der Waals surface area contributed by atoms with Crippen molar-refractivity contribution in [3.63, 3.8) is 0 Å². The number of carbonyl (C=O) groups is 5. The van der Waals surface area contributed by atoms with Crippen LogP contribution in [0.25, 0.3) is 0 Å². The van der Waals surface area contributed by atoms with Gasteiger partial charge >= 0.3 is 0 Å². The molecule has 0 fully saturated rings. The van der Waals surface area contributed by atoms with Gasteiger partial charge < -0.3 is 41.2 Å². The van der Waals surface area contributed by atoms with Crippen LogP contribution in [0.15, 0.2) is 78.9 Å². The van der Waals surface area contributed by atoms with E-state index in [1.165, 1.54) is 37.3 Å². The van der Waals surface area contributed by atoms with E-state index in [9.17, 15) is 33.5 Å². The lowest BCUT2D eigenvalue weighted by Gasteiger charge is -2.26. The predicted octanol–water partition coefficient (Wildman–Crippen LogP) is 1.00. The maximum absolute atomic E-state index is 13.4. The Morgan fingerprint density at radius 3 is 2.41 bits per heavy atom. The molecule has 1 aliphatic rings. The van der Waals surface area contributed by atoms with Crippen LogP contribution in [0.2, 0.25) is 0 Å². The van der Waals surface area contributed by atoms with Gasteiger partial charge in [0, 0.05) is 13.0 Å². The third-order valence-corrected chi connectivity index (χ3v) is 7.50. The quantitative estimate of drug-likeness (QED) is 0.191. The van der Waals surface area contributed by atoms with Crippen LogP contribution in [-0.2, 0) is 25.6 Å². The largest absolute Gasteiger partial charge is 0.493 e. The van der Waals surface area contributed by atoms with E-state index in [2.05, 4.69) is 26.6 Å². The summed E-state index contributed by atoms with van der Waals surface area (Å²) in [6, 6.07) is 16.8. The molecule has 0 unspecified atom stereocenters. The van der Waals surface area contributed by atoms with Gasteiger partial charge in [0.05, 0.1) is 31.2 Å². The van der Waals surface area contributed by atoms with E-state index in [0.717, 1.165) is 5.56 Å². The van der Waals surface area contributed by atoms with Gasteiger partial charge in [0.15, 0.2) is 0 Å². The first kappa shape index (κ1) is 36.3. The highest BCUT2D eigenvalue weighted by molar-refractivity contribution is 6.01. The van der Waals surface area contributed by atoms with Crippen molar-refractivity contribution in [2.24, 2.45) is 0 Å². The summed E-state index contributed by atoms with van der Waals surface area (Å²) < 4.78 is 24.5. The molecule has 0 saturated carbocycles. The number of para-hydroxylation sites is 1. The summed E-state index contributed by atoms with van der Waals surface area (Å²) in [5.74, 6) is -3.38. The van der Waals surface area contributed by atoms with Gasteiger partial charge in [-0.05, 0) is 55.3 Å². The number of nitrogens with one attached hydrogen (secondary N) is 5. The fraction of sp³-hybridized carbons (Fsp3) is 0.343. The predicted molar refractivity (Wildman–Crippen MR) is 176 cm³/mol. The Morgan fingerprint density at radius 2 is 1.67 bits per heavy atom. The van der Waals surface area contributed by atoms with E-state index in [1.807, 2.05) is 6.07 Å². The minimum atomic E-state index is -1.49. The lowest BCUT2D eigenvalue weighted by atomic mass is 10.0. The molecule has 6 N–H and O–H groups in total. The van der Waals surface area contributed by atoms with Crippen molar-refractivity contribution in [2.75, 3.05) is 26.3 Å². The van der Waals surface area contributed by atoms with Crippen LogP contribution in [0.4, 0.5) is 4.39 Å². The van der Waals surface area contributed by atoms with Crippen molar-refractivity contribution in [3.05, 3.63) is 95.8 Å². The van der Waals surface area contributed by atoms with Crippen LogP contribution < -0.4 is 36.1 Å². The first-order valence-corrected chi connectivity index (χ1v) is 15.9. The molecule has 3 aromatic rings. The second kappa shape index (κ2) is 18.2. The zero-order valence-corrected chi connectivity index (χ0v) is 26.9. The molecule has 0 radical (unpaired) electrons. The summed E-state index contributed by atoms with van der Waals surface area (Å²) in [6.45, 7) is 1.60. The first-order valence-electron chi connectivity index (χ1n) is 15.9. The number of hydrogen-bond acceptors (Lipinski definition) is 8. The average molecular weight is 678 g/mol. The highest BCUT2D eigenvalue weighted by Gasteiger charge is 2.32. The van der Waals surface area contributed by atoms with Crippen LogP contribution >= 0.6 is 0 Å². The topological polar surface area (TPSA) is 184 Å². The minimum absolute atomic E-state index is 0.00288. The Kier molecular flexibility index (Phi) is 13.5. The second-order valence-corrected chi connectivity index (χ2v) is 11.3. The van der Waals surface area contributed by atoms with Crippen LogP contribution in [-0.4, -0.2) is 85.2 Å². The number of ether oxygens (including phenoxy) is 2. The summed E-state index contributed by atoms with van der Waals surface area (Å²) in [7, 11) is 0. The van der Waals surface area contributed by atoms with E-state index < -0.39 is 66.0 Å². The number of aliphatic hydroxyl groups is 1. The van der Waals surface area contributed by atoms with Crippen molar-refractivity contribution >= 4 is 29.5 Å². The smallest absolute Gasteiger partial charge is 0.255 e. The number of benzene rings is 3. The van der Waals surface area contributed by atoms with Gasteiger partial charge in [0.2, 0.25) is 23.6 Å². The molecule has 260 valence electrons. The molecule has 0 saturated heterocycles. The maximum atomic E-state index is 13.4. The summed E-state index contributed by atoms with van der Waals surface area (Å²) in [4.78, 5) is 66.6. The van der Waals surface area contributed by atoms with Crippen molar-refractivity contribution in [1.29, 1.82) is 0 Å². The SMILES string of the molecule is C[C@@H](O)[C@@H]1NC(=O)C[C@@H](C(=O)NCCOc2ccc(F)cc2)NC(=O)c2ccccc2OCCCNC(=O)[C@H](Cc2ccccc2)NC1=O. The molecule has 0 bridgehead atoms. The lowest BCUT2D eigenvalue weighted by Crippen LogP contribution is -2.58. The number of carbonyl (C=O) groups excluding carboxylic acids is 5. The number of halogens is 1. The van der Waals surface area contributed by atoms with Crippen LogP contribution in [0, 0.1) is 5.82 Å². The summed E-state index contributed by atoms with van der Waals surface area (Å²) in [5, 5.41) is 23.5. The van der Waals surface area contributed by atoms with Crippen molar-refractivity contribution < 1.29 is 42.9 Å². The Morgan fingerprint density at radius 1 is 0.959 bits per heavy atom. The average Bonchev–Trinajstić information content (AvgIpc) is 3.09. The number of aliphatic hydroxyl groups excluding tert-OH is 1. The monoisotopic (exact) mass is 677 g/mol. The molecular weight excluding hydrogens is 637 g/mol. The van der Waals surface area contributed by atoms with Crippen LogP contribution in [0.5, 0.6) is 11.5 Å². The summed E-state index contributed by atoms with van der Waals surface area (Å²) >= 11 is 0. The molecule has 1 heterocycles. The van der Waals surface area contributed by atoms with E-state index in [-0.39, 0.29) is 44.0 Å². The zero-order chi connectivity index (χ0) is 35.2. The van der Waals surface area contributed by atoms with Crippen molar-refractivity contribution in [1.82, 2.24) is 26.6 Å². The van der Waals surface area contributed by atoms with Gasteiger partial charge in [-0.1, -0.05) is 42.5 Å². The molecule has 5 amide bonds. The number of fused-ring (bicyclic) bond motifs is 1. The maximum Gasteiger partial charge on any atom is 0.255 e. The molecule has 0 aromatic heterocycles.